The van der Waals surface area contributed by atoms with Crippen molar-refractivity contribution in [2.75, 3.05) is 13.4 Å². The fourth-order valence-electron chi connectivity index (χ4n) is 3.41. The molecule has 0 unspecified atom stereocenters. The van der Waals surface area contributed by atoms with Crippen LogP contribution in [0.5, 0.6) is 17.2 Å². The van der Waals surface area contributed by atoms with Crippen LogP contribution in [0.1, 0.15) is 40.9 Å². The van der Waals surface area contributed by atoms with Crippen molar-refractivity contribution in [2.45, 2.75) is 33.5 Å². The van der Waals surface area contributed by atoms with Gasteiger partial charge in [-0.05, 0) is 51.1 Å². The van der Waals surface area contributed by atoms with Crippen molar-refractivity contribution in [3.8, 4) is 17.2 Å². The first-order chi connectivity index (χ1) is 14.8. The number of esters is 1. The Morgan fingerprint density at radius 1 is 1.26 bits per heavy atom. The Kier molecular flexibility index (Phi) is 5.89. The lowest BCUT2D eigenvalue weighted by molar-refractivity contribution is -0.149. The predicted octanol–water partition coefficient (Wildman–Crippen LogP) is 4.46. The van der Waals surface area contributed by atoms with Crippen LogP contribution in [0.3, 0.4) is 0 Å². The highest BCUT2D eigenvalue weighted by Gasteiger charge is 2.31. The third-order valence-corrected chi connectivity index (χ3v) is 4.96. The van der Waals surface area contributed by atoms with Gasteiger partial charge >= 0.3 is 5.97 Å². The molecule has 2 aliphatic heterocycles. The molecule has 162 valence electrons. The first-order valence-corrected chi connectivity index (χ1v) is 10.1. The van der Waals surface area contributed by atoms with E-state index in [4.69, 9.17) is 35.3 Å². The van der Waals surface area contributed by atoms with Gasteiger partial charge in [0.2, 0.25) is 5.78 Å². The van der Waals surface area contributed by atoms with Crippen molar-refractivity contribution in [1.29, 1.82) is 0 Å². The topological polar surface area (TPSA) is 80.3 Å². The zero-order valence-corrected chi connectivity index (χ0v) is 18.1. The largest absolute Gasteiger partial charge is 0.481 e. The fourth-order valence-corrected chi connectivity index (χ4v) is 3.66. The standard InChI is InChI=1S/C23H21ClO7/c1-12(2)30-20(25)10-28-18-5-4-17-21(26)19(31-22(17)13(18)3)8-14-6-16(24)7-15-9-27-11-29-23(14)15/h4-8,12H,9-11H2,1-3H3/b19-8-. The maximum atomic E-state index is 12.9. The summed E-state index contributed by atoms with van der Waals surface area (Å²) in [4.78, 5) is 24.6. The monoisotopic (exact) mass is 444 g/mol. The minimum Gasteiger partial charge on any atom is -0.481 e. The highest BCUT2D eigenvalue weighted by atomic mass is 35.5. The summed E-state index contributed by atoms with van der Waals surface area (Å²) >= 11 is 6.21. The number of ketones is 1. The number of benzene rings is 2. The number of rotatable bonds is 5. The summed E-state index contributed by atoms with van der Waals surface area (Å²) in [6.07, 6.45) is 1.39. The Hall–Kier alpha value is -3.03. The number of fused-ring (bicyclic) bond motifs is 2. The molecule has 8 heteroatoms. The molecule has 0 spiro atoms. The fraction of sp³-hybridized carbons (Fsp3) is 0.304. The summed E-state index contributed by atoms with van der Waals surface area (Å²) in [7, 11) is 0. The summed E-state index contributed by atoms with van der Waals surface area (Å²) in [6.45, 7) is 5.56. The van der Waals surface area contributed by atoms with Crippen molar-refractivity contribution in [3.63, 3.8) is 0 Å². The normalized spacial score (nSPS) is 15.9. The zero-order valence-electron chi connectivity index (χ0n) is 17.3. The molecule has 0 aromatic heterocycles. The first-order valence-electron chi connectivity index (χ1n) is 9.76. The van der Waals surface area contributed by atoms with Gasteiger partial charge in [-0.2, -0.15) is 0 Å². The van der Waals surface area contributed by atoms with Gasteiger partial charge in [-0.1, -0.05) is 11.6 Å². The maximum absolute atomic E-state index is 12.9. The first kappa shape index (κ1) is 21.2. The molecule has 0 bridgehead atoms. The Morgan fingerprint density at radius 3 is 2.84 bits per heavy atom. The second-order valence-electron chi connectivity index (χ2n) is 7.43. The van der Waals surface area contributed by atoms with Crippen LogP contribution in [0.4, 0.5) is 0 Å². The molecule has 0 amide bonds. The average molecular weight is 445 g/mol. The van der Waals surface area contributed by atoms with E-state index in [0.29, 0.717) is 45.6 Å². The van der Waals surface area contributed by atoms with Crippen molar-refractivity contribution in [2.24, 2.45) is 0 Å². The lowest BCUT2D eigenvalue weighted by Gasteiger charge is -2.20. The van der Waals surface area contributed by atoms with Crippen LogP contribution in [0, 0.1) is 6.92 Å². The van der Waals surface area contributed by atoms with Gasteiger partial charge in [-0.3, -0.25) is 4.79 Å². The van der Waals surface area contributed by atoms with E-state index in [0.717, 1.165) is 5.56 Å². The summed E-state index contributed by atoms with van der Waals surface area (Å²) in [5, 5.41) is 0.503. The van der Waals surface area contributed by atoms with Gasteiger partial charge in [0.1, 0.15) is 17.2 Å². The molecule has 2 aliphatic rings. The Bertz CT molecular complexity index is 1090. The molecule has 2 heterocycles. The molecule has 0 aliphatic carbocycles. The highest BCUT2D eigenvalue weighted by molar-refractivity contribution is 6.31. The minimum absolute atomic E-state index is 0.124. The van der Waals surface area contributed by atoms with Gasteiger partial charge in [-0.15, -0.1) is 0 Å². The SMILES string of the molecule is Cc1c(OCC(=O)OC(C)C)ccc2c1O/C(=C\c1cc(Cl)cc3c1OCOC3)C2=O. The van der Waals surface area contributed by atoms with Gasteiger partial charge in [-0.25, -0.2) is 4.79 Å². The summed E-state index contributed by atoms with van der Waals surface area (Å²) < 4.78 is 27.4. The smallest absolute Gasteiger partial charge is 0.344 e. The molecule has 0 saturated heterocycles. The van der Waals surface area contributed by atoms with Crippen molar-refractivity contribution < 1.29 is 33.3 Å². The summed E-state index contributed by atoms with van der Waals surface area (Å²) in [6, 6.07) is 6.73. The van der Waals surface area contributed by atoms with Crippen LogP contribution in [-0.2, 0) is 20.9 Å². The van der Waals surface area contributed by atoms with E-state index >= 15 is 0 Å². The van der Waals surface area contributed by atoms with Gasteiger partial charge < -0.3 is 23.7 Å². The molecular formula is C23H21ClO7. The molecule has 4 rings (SSSR count). The Balaban J connectivity index is 1.59. The van der Waals surface area contributed by atoms with E-state index in [2.05, 4.69) is 0 Å². The van der Waals surface area contributed by atoms with E-state index in [1.165, 1.54) is 0 Å². The molecule has 0 atom stereocenters. The van der Waals surface area contributed by atoms with Crippen LogP contribution < -0.4 is 14.2 Å². The Morgan fingerprint density at radius 2 is 2.06 bits per heavy atom. The summed E-state index contributed by atoms with van der Waals surface area (Å²) in [5.74, 6) is 0.862. The zero-order chi connectivity index (χ0) is 22.1. The number of ether oxygens (including phenoxy) is 5. The molecule has 2 aromatic carbocycles. The minimum atomic E-state index is -0.470. The molecule has 0 radical (unpaired) electrons. The number of halogens is 1. The van der Waals surface area contributed by atoms with E-state index in [1.807, 2.05) is 0 Å². The summed E-state index contributed by atoms with van der Waals surface area (Å²) in [5.41, 5.74) is 2.46. The number of carbonyl (C=O) groups is 2. The molecule has 0 fully saturated rings. The van der Waals surface area contributed by atoms with Gasteiger partial charge in [0, 0.05) is 21.7 Å². The van der Waals surface area contributed by atoms with E-state index in [-0.39, 0.29) is 31.0 Å². The van der Waals surface area contributed by atoms with Crippen molar-refractivity contribution in [3.05, 3.63) is 57.3 Å². The quantitative estimate of drug-likeness (QED) is 0.497. The second-order valence-corrected chi connectivity index (χ2v) is 7.86. The highest BCUT2D eigenvalue weighted by Crippen LogP contribution is 2.40. The van der Waals surface area contributed by atoms with Crippen LogP contribution in [0.15, 0.2) is 30.0 Å². The van der Waals surface area contributed by atoms with Gasteiger partial charge in [0.05, 0.1) is 18.3 Å². The molecule has 2 aromatic rings. The van der Waals surface area contributed by atoms with Gasteiger partial charge in [0.15, 0.2) is 19.2 Å². The number of allylic oxidation sites excluding steroid dienone is 1. The van der Waals surface area contributed by atoms with E-state index in [9.17, 15) is 9.59 Å². The maximum Gasteiger partial charge on any atom is 0.344 e. The van der Waals surface area contributed by atoms with Gasteiger partial charge in [0.25, 0.3) is 0 Å². The number of hydrogen-bond donors (Lipinski definition) is 0. The Labute approximate surface area is 184 Å². The van der Waals surface area contributed by atoms with E-state index < -0.39 is 5.97 Å². The molecule has 7 nitrogen and oxygen atoms in total. The molecule has 0 N–H and O–H groups in total. The third-order valence-electron chi connectivity index (χ3n) is 4.74. The van der Waals surface area contributed by atoms with Crippen molar-refractivity contribution >= 4 is 29.4 Å². The van der Waals surface area contributed by atoms with Crippen molar-refractivity contribution in [1.82, 2.24) is 0 Å². The lowest BCUT2D eigenvalue weighted by Crippen LogP contribution is -2.19. The lowest BCUT2D eigenvalue weighted by atomic mass is 10.0. The number of carbonyl (C=O) groups excluding carboxylic acids is 2. The second kappa shape index (κ2) is 8.61. The third kappa shape index (κ3) is 4.38. The van der Waals surface area contributed by atoms with Crippen LogP contribution in [0.25, 0.3) is 6.08 Å². The van der Waals surface area contributed by atoms with Crippen LogP contribution >= 0.6 is 11.6 Å². The van der Waals surface area contributed by atoms with Crippen LogP contribution in [-0.4, -0.2) is 31.3 Å². The van der Waals surface area contributed by atoms with Crippen LogP contribution in [0.2, 0.25) is 5.02 Å². The molecule has 31 heavy (non-hydrogen) atoms. The molecular weight excluding hydrogens is 424 g/mol. The number of hydrogen-bond acceptors (Lipinski definition) is 7. The predicted molar refractivity (Wildman–Crippen MR) is 113 cm³/mol. The number of Topliss-reactive ketones (excluding diaryl/α,β-unsaturated/α-hetero) is 1. The average Bonchev–Trinajstić information content (AvgIpc) is 3.03. The molecule has 0 saturated carbocycles. The van der Waals surface area contributed by atoms with E-state index in [1.54, 1.807) is 51.1 Å².